The molecule has 0 saturated carbocycles. The molecule has 116 valence electrons. The first-order valence-corrected chi connectivity index (χ1v) is 9.50. The maximum absolute atomic E-state index is 10.7. The number of benzene rings is 2. The van der Waals surface area contributed by atoms with Crippen molar-refractivity contribution in [1.82, 2.24) is 0 Å². The molecule has 0 spiro atoms. The lowest BCUT2D eigenvalue weighted by molar-refractivity contribution is -0.108. The second-order valence-corrected chi connectivity index (χ2v) is 7.89. The highest BCUT2D eigenvalue weighted by Gasteiger charge is 2.14. The lowest BCUT2D eigenvalue weighted by atomic mass is 10.1. The molecule has 0 aliphatic heterocycles. The Labute approximate surface area is 169 Å². The number of carbonyl (C=O) groups excluding carboxylic acids is 1. The molecular formula is C15H12I3NO3. The molecule has 7 heteroatoms. The van der Waals surface area contributed by atoms with E-state index in [-0.39, 0.29) is 5.75 Å². The van der Waals surface area contributed by atoms with Gasteiger partial charge in [-0.3, -0.25) is 0 Å². The predicted octanol–water partition coefficient (Wildman–Crippen LogP) is 4.07. The molecule has 0 heterocycles. The summed E-state index contributed by atoms with van der Waals surface area (Å²) in [5.74, 6) is 1.63. The molecule has 2 aromatic rings. The standard InChI is InChI=1S/C15H12I3NO3/c16-11-6-10(21)2-4-12(11)22-13-3-1-8(5-9(19)7-20)14(17)15(13)18/h1-4,6-7,9,21H,5,19H2. The van der Waals surface area contributed by atoms with Crippen LogP contribution in [0.1, 0.15) is 5.56 Å². The Kier molecular flexibility index (Phi) is 6.71. The zero-order valence-electron chi connectivity index (χ0n) is 11.2. The summed E-state index contributed by atoms with van der Waals surface area (Å²) in [6.45, 7) is 0. The van der Waals surface area contributed by atoms with Crippen LogP contribution in [0.5, 0.6) is 17.2 Å². The minimum absolute atomic E-state index is 0.208. The lowest BCUT2D eigenvalue weighted by Gasteiger charge is -2.14. The van der Waals surface area contributed by atoms with Gasteiger partial charge < -0.3 is 20.4 Å². The van der Waals surface area contributed by atoms with Gasteiger partial charge in [0.05, 0.1) is 13.2 Å². The highest BCUT2D eigenvalue weighted by molar-refractivity contribution is 14.1. The summed E-state index contributed by atoms with van der Waals surface area (Å²) >= 11 is 6.57. The number of aromatic hydroxyl groups is 1. The summed E-state index contributed by atoms with van der Waals surface area (Å²) in [5.41, 5.74) is 6.72. The van der Waals surface area contributed by atoms with Crippen molar-refractivity contribution < 1.29 is 14.6 Å². The molecule has 0 aliphatic rings. The van der Waals surface area contributed by atoms with Crippen LogP contribution in [0.3, 0.4) is 0 Å². The van der Waals surface area contributed by atoms with Gasteiger partial charge in [0.1, 0.15) is 23.5 Å². The molecule has 0 radical (unpaired) electrons. The second kappa shape index (κ2) is 8.11. The number of phenols is 1. The average molecular weight is 635 g/mol. The van der Waals surface area contributed by atoms with Crippen molar-refractivity contribution in [2.75, 3.05) is 0 Å². The molecule has 1 unspecified atom stereocenters. The Hall–Kier alpha value is -0.140. The molecule has 0 amide bonds. The van der Waals surface area contributed by atoms with Crippen molar-refractivity contribution >= 4 is 74.1 Å². The van der Waals surface area contributed by atoms with E-state index in [0.29, 0.717) is 12.2 Å². The van der Waals surface area contributed by atoms with E-state index in [0.717, 1.165) is 28.3 Å². The van der Waals surface area contributed by atoms with Gasteiger partial charge in [-0.1, -0.05) is 6.07 Å². The van der Waals surface area contributed by atoms with E-state index in [9.17, 15) is 9.90 Å². The zero-order valence-corrected chi connectivity index (χ0v) is 17.7. The first kappa shape index (κ1) is 18.2. The molecule has 22 heavy (non-hydrogen) atoms. The number of aldehydes is 1. The van der Waals surface area contributed by atoms with Crippen molar-refractivity contribution in [2.45, 2.75) is 12.5 Å². The van der Waals surface area contributed by atoms with Crippen LogP contribution in [-0.2, 0) is 11.2 Å². The molecule has 2 rings (SSSR count). The third-order valence-electron chi connectivity index (χ3n) is 2.89. The summed E-state index contributed by atoms with van der Waals surface area (Å²) in [4.78, 5) is 10.7. The molecule has 0 fully saturated rings. The van der Waals surface area contributed by atoms with E-state index in [2.05, 4.69) is 67.8 Å². The monoisotopic (exact) mass is 635 g/mol. The van der Waals surface area contributed by atoms with Gasteiger partial charge >= 0.3 is 0 Å². The number of carbonyl (C=O) groups is 1. The number of phenolic OH excluding ortho intramolecular Hbond substituents is 1. The number of rotatable bonds is 5. The number of halogens is 3. The van der Waals surface area contributed by atoms with Crippen LogP contribution in [0, 0.1) is 10.7 Å². The van der Waals surface area contributed by atoms with Crippen LogP contribution in [0.4, 0.5) is 0 Å². The fourth-order valence-electron chi connectivity index (χ4n) is 1.80. The van der Waals surface area contributed by atoms with Gasteiger partial charge in [-0.15, -0.1) is 0 Å². The summed E-state index contributed by atoms with van der Waals surface area (Å²) in [6.07, 6.45) is 1.26. The van der Waals surface area contributed by atoms with Gasteiger partial charge in [0.15, 0.2) is 0 Å². The van der Waals surface area contributed by atoms with Crippen LogP contribution in [0.25, 0.3) is 0 Å². The first-order chi connectivity index (χ1) is 10.4. The summed E-state index contributed by atoms with van der Waals surface area (Å²) in [7, 11) is 0. The molecular weight excluding hydrogens is 623 g/mol. The molecule has 4 nitrogen and oxygen atoms in total. The SMILES string of the molecule is NC(C=O)Cc1ccc(Oc2ccc(O)cc2I)c(I)c1I. The third-order valence-corrected chi connectivity index (χ3v) is 7.07. The van der Waals surface area contributed by atoms with Gasteiger partial charge in [0.2, 0.25) is 0 Å². The zero-order chi connectivity index (χ0) is 16.3. The maximum Gasteiger partial charge on any atom is 0.141 e. The number of ether oxygens (including phenoxy) is 1. The minimum atomic E-state index is -0.492. The molecule has 0 aliphatic carbocycles. The van der Waals surface area contributed by atoms with Crippen LogP contribution < -0.4 is 10.5 Å². The third kappa shape index (κ3) is 4.45. The fraction of sp³-hybridized carbons (Fsp3) is 0.133. The Morgan fingerprint density at radius 2 is 1.82 bits per heavy atom. The molecule has 3 N–H and O–H groups in total. The van der Waals surface area contributed by atoms with Crippen LogP contribution in [0.15, 0.2) is 30.3 Å². The Balaban J connectivity index is 2.29. The Morgan fingerprint density at radius 3 is 2.45 bits per heavy atom. The number of hydrogen-bond acceptors (Lipinski definition) is 4. The lowest BCUT2D eigenvalue weighted by Crippen LogP contribution is -2.24. The van der Waals surface area contributed by atoms with Crippen molar-refractivity contribution in [3.63, 3.8) is 0 Å². The van der Waals surface area contributed by atoms with E-state index in [1.54, 1.807) is 18.2 Å². The Morgan fingerprint density at radius 1 is 1.14 bits per heavy atom. The summed E-state index contributed by atoms with van der Waals surface area (Å²) in [5, 5.41) is 9.44. The highest BCUT2D eigenvalue weighted by Crippen LogP contribution is 2.35. The predicted molar refractivity (Wildman–Crippen MR) is 111 cm³/mol. The normalized spacial score (nSPS) is 12.0. The number of nitrogens with two attached hydrogens (primary N) is 1. The van der Waals surface area contributed by atoms with Crippen LogP contribution in [-0.4, -0.2) is 17.4 Å². The van der Waals surface area contributed by atoms with Crippen LogP contribution in [0.2, 0.25) is 0 Å². The molecule has 2 aromatic carbocycles. The summed E-state index contributed by atoms with van der Waals surface area (Å²) in [6, 6.07) is 8.28. The largest absolute Gasteiger partial charge is 0.508 e. The van der Waals surface area contributed by atoms with Gasteiger partial charge in [-0.25, -0.2) is 0 Å². The van der Waals surface area contributed by atoms with Crippen molar-refractivity contribution in [3.8, 4) is 17.2 Å². The van der Waals surface area contributed by atoms with Gasteiger partial charge in [0.25, 0.3) is 0 Å². The Bertz CT molecular complexity index is 707. The highest BCUT2D eigenvalue weighted by atomic mass is 127. The topological polar surface area (TPSA) is 72.6 Å². The maximum atomic E-state index is 10.7. The first-order valence-electron chi connectivity index (χ1n) is 6.26. The quantitative estimate of drug-likeness (QED) is 0.385. The van der Waals surface area contributed by atoms with Gasteiger partial charge in [-0.05, 0) is 104 Å². The van der Waals surface area contributed by atoms with E-state index < -0.39 is 6.04 Å². The second-order valence-electron chi connectivity index (χ2n) is 4.57. The van der Waals surface area contributed by atoms with Crippen molar-refractivity contribution in [3.05, 3.63) is 46.6 Å². The smallest absolute Gasteiger partial charge is 0.141 e. The fourth-order valence-corrected chi connectivity index (χ4v) is 3.71. The van der Waals surface area contributed by atoms with Gasteiger partial charge in [-0.2, -0.15) is 0 Å². The van der Waals surface area contributed by atoms with Crippen LogP contribution >= 0.6 is 67.8 Å². The molecule has 1 atom stereocenters. The van der Waals surface area contributed by atoms with Gasteiger partial charge in [0, 0.05) is 3.57 Å². The molecule has 0 aromatic heterocycles. The van der Waals surface area contributed by atoms with E-state index >= 15 is 0 Å². The van der Waals surface area contributed by atoms with E-state index in [4.69, 9.17) is 10.5 Å². The van der Waals surface area contributed by atoms with E-state index in [1.807, 2.05) is 12.1 Å². The van der Waals surface area contributed by atoms with Crippen molar-refractivity contribution in [2.24, 2.45) is 5.73 Å². The number of hydrogen-bond donors (Lipinski definition) is 2. The molecule has 0 bridgehead atoms. The van der Waals surface area contributed by atoms with Crippen molar-refractivity contribution in [1.29, 1.82) is 0 Å². The minimum Gasteiger partial charge on any atom is -0.508 e. The van der Waals surface area contributed by atoms with E-state index in [1.165, 1.54) is 0 Å². The summed E-state index contributed by atoms with van der Waals surface area (Å²) < 4.78 is 8.76. The molecule has 0 saturated heterocycles. The average Bonchev–Trinajstić information content (AvgIpc) is 2.49.